The zero-order chi connectivity index (χ0) is 13.1. The van der Waals surface area contributed by atoms with Crippen LogP contribution in [0.15, 0.2) is 18.6 Å². The van der Waals surface area contributed by atoms with Gasteiger partial charge in [-0.15, -0.1) is 0 Å². The molecule has 2 rings (SSSR count). The second-order valence-electron chi connectivity index (χ2n) is 4.79. The molecule has 98 valence electrons. The number of nitrogens with one attached hydrogen (secondary N) is 1. The smallest absolute Gasteiger partial charge is 0.0853 e. The molecule has 2 heterocycles. The summed E-state index contributed by atoms with van der Waals surface area (Å²) in [6.45, 7) is 7.15. The molecular formula is C13H21N5. The molecule has 0 saturated heterocycles. The Morgan fingerprint density at radius 1 is 1.33 bits per heavy atom. The largest absolute Gasteiger partial charge is 0.378 e. The Morgan fingerprint density at radius 3 is 2.72 bits per heavy atom. The van der Waals surface area contributed by atoms with Crippen molar-refractivity contribution in [2.45, 2.75) is 39.8 Å². The summed E-state index contributed by atoms with van der Waals surface area (Å²) in [5, 5.41) is 12.2. The van der Waals surface area contributed by atoms with E-state index in [2.05, 4.69) is 42.5 Å². The maximum absolute atomic E-state index is 4.41. The van der Waals surface area contributed by atoms with Crippen molar-refractivity contribution < 1.29 is 0 Å². The molecule has 0 aliphatic carbocycles. The van der Waals surface area contributed by atoms with Crippen molar-refractivity contribution in [3.63, 3.8) is 0 Å². The van der Waals surface area contributed by atoms with Crippen molar-refractivity contribution in [2.24, 2.45) is 7.05 Å². The minimum absolute atomic E-state index is 0.406. The highest BCUT2D eigenvalue weighted by Crippen LogP contribution is 2.15. The lowest BCUT2D eigenvalue weighted by Gasteiger charge is -2.04. The van der Waals surface area contributed by atoms with Crippen molar-refractivity contribution >= 4 is 5.69 Å². The standard InChI is InChI=1S/C13H21N5/c1-5-12-13(9-17(4)16-12)14-6-11-7-15-18(8-11)10(2)3/h7-10,14H,5-6H2,1-4H3. The van der Waals surface area contributed by atoms with Gasteiger partial charge in [0, 0.05) is 37.6 Å². The average Bonchev–Trinajstić information content (AvgIpc) is 2.92. The number of nitrogens with zero attached hydrogens (tertiary/aromatic N) is 4. The van der Waals surface area contributed by atoms with E-state index in [1.54, 1.807) is 0 Å². The molecule has 0 aliphatic rings. The maximum Gasteiger partial charge on any atom is 0.0853 e. The fraction of sp³-hybridized carbons (Fsp3) is 0.538. The van der Waals surface area contributed by atoms with Crippen LogP contribution in [0.3, 0.4) is 0 Å². The van der Waals surface area contributed by atoms with E-state index in [9.17, 15) is 0 Å². The first-order chi connectivity index (χ1) is 8.60. The van der Waals surface area contributed by atoms with Crippen LogP contribution in [0.25, 0.3) is 0 Å². The normalized spacial score (nSPS) is 11.2. The average molecular weight is 247 g/mol. The summed E-state index contributed by atoms with van der Waals surface area (Å²) < 4.78 is 3.82. The molecule has 1 N–H and O–H groups in total. The van der Waals surface area contributed by atoms with E-state index in [1.165, 1.54) is 5.56 Å². The molecule has 0 atom stereocenters. The van der Waals surface area contributed by atoms with Gasteiger partial charge in [-0.05, 0) is 20.3 Å². The topological polar surface area (TPSA) is 47.7 Å². The van der Waals surface area contributed by atoms with Crippen molar-refractivity contribution in [1.29, 1.82) is 0 Å². The number of hydrogen-bond acceptors (Lipinski definition) is 3. The lowest BCUT2D eigenvalue weighted by atomic mass is 10.3. The van der Waals surface area contributed by atoms with Gasteiger partial charge < -0.3 is 5.32 Å². The minimum atomic E-state index is 0.406. The lowest BCUT2D eigenvalue weighted by Crippen LogP contribution is -2.01. The molecule has 18 heavy (non-hydrogen) atoms. The van der Waals surface area contributed by atoms with Crippen molar-refractivity contribution in [3.8, 4) is 0 Å². The van der Waals surface area contributed by atoms with Gasteiger partial charge in [-0.2, -0.15) is 10.2 Å². The molecular weight excluding hydrogens is 226 g/mol. The van der Waals surface area contributed by atoms with Crippen molar-refractivity contribution in [2.75, 3.05) is 5.32 Å². The zero-order valence-corrected chi connectivity index (χ0v) is 11.5. The Balaban J connectivity index is 2.01. The molecule has 0 fully saturated rings. The van der Waals surface area contributed by atoms with Gasteiger partial charge in [-0.1, -0.05) is 6.92 Å². The van der Waals surface area contributed by atoms with E-state index in [1.807, 2.05) is 28.8 Å². The fourth-order valence-corrected chi connectivity index (χ4v) is 1.89. The highest BCUT2D eigenvalue weighted by Gasteiger charge is 2.06. The predicted molar refractivity (Wildman–Crippen MR) is 72.5 cm³/mol. The van der Waals surface area contributed by atoms with Gasteiger partial charge in [0.15, 0.2) is 0 Å². The Hall–Kier alpha value is -1.78. The molecule has 0 unspecified atom stereocenters. The number of anilines is 1. The van der Waals surface area contributed by atoms with Gasteiger partial charge in [0.1, 0.15) is 0 Å². The van der Waals surface area contributed by atoms with E-state index in [4.69, 9.17) is 0 Å². The van der Waals surface area contributed by atoms with Crippen LogP contribution in [0, 0.1) is 0 Å². The van der Waals surface area contributed by atoms with Crippen LogP contribution in [0.5, 0.6) is 0 Å². The summed E-state index contributed by atoms with van der Waals surface area (Å²) in [4.78, 5) is 0. The SMILES string of the molecule is CCc1nn(C)cc1NCc1cnn(C(C)C)c1. The van der Waals surface area contributed by atoms with Crippen molar-refractivity contribution in [3.05, 3.63) is 29.8 Å². The molecule has 0 spiro atoms. The lowest BCUT2D eigenvalue weighted by molar-refractivity contribution is 0.532. The first-order valence-corrected chi connectivity index (χ1v) is 6.39. The van der Waals surface area contributed by atoms with Gasteiger partial charge in [-0.3, -0.25) is 9.36 Å². The van der Waals surface area contributed by atoms with Crippen LogP contribution in [-0.2, 0) is 20.0 Å². The first-order valence-electron chi connectivity index (χ1n) is 6.39. The Labute approximate surface area is 108 Å². The van der Waals surface area contributed by atoms with Crippen LogP contribution in [0.2, 0.25) is 0 Å². The van der Waals surface area contributed by atoms with E-state index in [0.717, 1.165) is 24.3 Å². The van der Waals surface area contributed by atoms with Gasteiger partial charge in [-0.25, -0.2) is 0 Å². The van der Waals surface area contributed by atoms with Crippen LogP contribution >= 0.6 is 0 Å². The Morgan fingerprint density at radius 2 is 2.11 bits per heavy atom. The van der Waals surface area contributed by atoms with Crippen LogP contribution in [0.1, 0.15) is 38.1 Å². The third-order valence-electron chi connectivity index (χ3n) is 2.91. The molecule has 0 aliphatic heterocycles. The molecule has 0 radical (unpaired) electrons. The molecule has 0 bridgehead atoms. The fourth-order valence-electron chi connectivity index (χ4n) is 1.89. The molecule has 5 heteroatoms. The Bertz CT molecular complexity index is 509. The van der Waals surface area contributed by atoms with Crippen LogP contribution < -0.4 is 5.32 Å². The molecule has 2 aromatic heterocycles. The number of aryl methyl sites for hydroxylation is 2. The number of rotatable bonds is 5. The van der Waals surface area contributed by atoms with Crippen molar-refractivity contribution in [1.82, 2.24) is 19.6 Å². The third kappa shape index (κ3) is 2.72. The predicted octanol–water partition coefficient (Wildman–Crippen LogP) is 2.37. The molecule has 2 aromatic rings. The Kier molecular flexibility index (Phi) is 3.69. The van der Waals surface area contributed by atoms with Crippen LogP contribution in [0.4, 0.5) is 5.69 Å². The highest BCUT2D eigenvalue weighted by atomic mass is 15.3. The summed E-state index contributed by atoms with van der Waals surface area (Å²) in [7, 11) is 1.95. The summed E-state index contributed by atoms with van der Waals surface area (Å²) in [6, 6.07) is 0.406. The summed E-state index contributed by atoms with van der Waals surface area (Å²) in [6.07, 6.45) is 6.95. The summed E-state index contributed by atoms with van der Waals surface area (Å²) in [5.74, 6) is 0. The van der Waals surface area contributed by atoms with E-state index < -0.39 is 0 Å². The first kappa shape index (κ1) is 12.7. The summed E-state index contributed by atoms with van der Waals surface area (Å²) >= 11 is 0. The molecule has 5 nitrogen and oxygen atoms in total. The van der Waals surface area contributed by atoms with E-state index in [-0.39, 0.29) is 0 Å². The molecule has 0 amide bonds. The van der Waals surface area contributed by atoms with Gasteiger partial charge >= 0.3 is 0 Å². The molecule has 0 saturated carbocycles. The second-order valence-corrected chi connectivity index (χ2v) is 4.79. The number of aromatic nitrogens is 4. The maximum atomic E-state index is 4.41. The highest BCUT2D eigenvalue weighted by molar-refractivity contribution is 5.46. The summed E-state index contributed by atoms with van der Waals surface area (Å²) in [5.41, 5.74) is 3.40. The van der Waals surface area contributed by atoms with Gasteiger partial charge in [0.2, 0.25) is 0 Å². The monoisotopic (exact) mass is 247 g/mol. The van der Waals surface area contributed by atoms with Crippen LogP contribution in [-0.4, -0.2) is 19.6 Å². The van der Waals surface area contributed by atoms with E-state index >= 15 is 0 Å². The molecule has 0 aromatic carbocycles. The van der Waals surface area contributed by atoms with Gasteiger partial charge in [0.25, 0.3) is 0 Å². The quantitative estimate of drug-likeness (QED) is 0.882. The van der Waals surface area contributed by atoms with Gasteiger partial charge in [0.05, 0.1) is 17.6 Å². The minimum Gasteiger partial charge on any atom is -0.378 e. The van der Waals surface area contributed by atoms with E-state index in [0.29, 0.717) is 6.04 Å². The second kappa shape index (κ2) is 5.25. The zero-order valence-electron chi connectivity index (χ0n) is 11.5. The third-order valence-corrected chi connectivity index (χ3v) is 2.91. The number of hydrogen-bond donors (Lipinski definition) is 1.